The lowest BCUT2D eigenvalue weighted by Crippen LogP contribution is -2.40. The molecular formula is C44H70O5. The van der Waals surface area contributed by atoms with Gasteiger partial charge < -0.3 is 14.2 Å². The highest BCUT2D eigenvalue weighted by Crippen LogP contribution is 2.34. The summed E-state index contributed by atoms with van der Waals surface area (Å²) in [5.41, 5.74) is 2.81. The van der Waals surface area contributed by atoms with Gasteiger partial charge in [0.05, 0.1) is 17.8 Å². The SMILES string of the molecule is C=CC(=O)C(C)(C)OC(C)CC(C)(C)Oc1ccc(C(C)(C)c2ccc(C(C)C)cc2)cc1.C=CC=O.CC(CC(C)(C)C)OC(C)(C)C. The first-order valence-electron chi connectivity index (χ1n) is 17.7. The van der Waals surface area contributed by atoms with E-state index in [1.54, 1.807) is 13.8 Å². The molecule has 0 spiro atoms. The van der Waals surface area contributed by atoms with Crippen LogP contribution in [-0.4, -0.2) is 41.1 Å². The molecule has 2 atom stereocenters. The maximum absolute atomic E-state index is 12.0. The molecule has 0 aliphatic rings. The molecule has 2 rings (SSSR count). The first kappa shape index (κ1) is 46.0. The highest BCUT2D eigenvalue weighted by molar-refractivity contribution is 5.95. The van der Waals surface area contributed by atoms with Crippen molar-refractivity contribution in [3.63, 3.8) is 0 Å². The molecule has 2 aromatic carbocycles. The molecule has 0 N–H and O–H groups in total. The van der Waals surface area contributed by atoms with Crippen molar-refractivity contribution in [1.29, 1.82) is 0 Å². The van der Waals surface area contributed by atoms with E-state index in [-0.39, 0.29) is 22.9 Å². The van der Waals surface area contributed by atoms with Gasteiger partial charge in [0.25, 0.3) is 0 Å². The van der Waals surface area contributed by atoms with Crippen LogP contribution in [0, 0.1) is 5.41 Å². The molecule has 0 bridgehead atoms. The number of ketones is 1. The van der Waals surface area contributed by atoms with Crippen LogP contribution in [0.5, 0.6) is 5.75 Å². The molecule has 2 unspecified atom stereocenters. The van der Waals surface area contributed by atoms with Crippen molar-refractivity contribution in [3.8, 4) is 5.75 Å². The molecular weight excluding hydrogens is 608 g/mol. The van der Waals surface area contributed by atoms with Gasteiger partial charge >= 0.3 is 0 Å². The Balaban J connectivity index is 0.00000119. The molecule has 0 heterocycles. The second-order valence-electron chi connectivity index (χ2n) is 17.2. The highest BCUT2D eigenvalue weighted by atomic mass is 16.5. The molecule has 5 nitrogen and oxygen atoms in total. The monoisotopic (exact) mass is 679 g/mol. The van der Waals surface area contributed by atoms with Crippen LogP contribution >= 0.6 is 0 Å². The van der Waals surface area contributed by atoms with Gasteiger partial charge in [0.2, 0.25) is 0 Å². The van der Waals surface area contributed by atoms with Crippen LogP contribution in [0.3, 0.4) is 0 Å². The van der Waals surface area contributed by atoms with E-state index in [2.05, 4.69) is 126 Å². The van der Waals surface area contributed by atoms with Gasteiger partial charge in [0, 0.05) is 11.8 Å². The summed E-state index contributed by atoms with van der Waals surface area (Å²) < 4.78 is 18.1. The number of hydrogen-bond donors (Lipinski definition) is 0. The summed E-state index contributed by atoms with van der Waals surface area (Å²) in [6.45, 7) is 40.4. The topological polar surface area (TPSA) is 61.8 Å². The number of benzene rings is 2. The second kappa shape index (κ2) is 19.4. The molecule has 49 heavy (non-hydrogen) atoms. The molecule has 0 aliphatic heterocycles. The first-order chi connectivity index (χ1) is 22.2. The van der Waals surface area contributed by atoms with Crippen LogP contribution in [0.2, 0.25) is 0 Å². The Kier molecular flexibility index (Phi) is 18.2. The van der Waals surface area contributed by atoms with E-state index in [1.807, 2.05) is 32.9 Å². The minimum atomic E-state index is -0.891. The number of aldehydes is 1. The zero-order valence-corrected chi connectivity index (χ0v) is 34.0. The molecule has 0 fully saturated rings. The lowest BCUT2D eigenvalue weighted by molar-refractivity contribution is -0.144. The molecule has 5 heteroatoms. The van der Waals surface area contributed by atoms with Crippen molar-refractivity contribution < 1.29 is 23.8 Å². The maximum Gasteiger partial charge on any atom is 0.186 e. The second-order valence-corrected chi connectivity index (χ2v) is 17.2. The fourth-order valence-electron chi connectivity index (χ4n) is 5.80. The number of hydrogen-bond acceptors (Lipinski definition) is 5. The van der Waals surface area contributed by atoms with E-state index in [9.17, 15) is 4.79 Å². The molecule has 0 aliphatic carbocycles. The summed E-state index contributed by atoms with van der Waals surface area (Å²) in [6, 6.07) is 17.3. The molecule has 0 aromatic heterocycles. The fraction of sp³-hybridized carbons (Fsp3) is 0.591. The normalized spacial score (nSPS) is 13.6. The zero-order valence-electron chi connectivity index (χ0n) is 34.0. The summed E-state index contributed by atoms with van der Waals surface area (Å²) in [7, 11) is 0. The largest absolute Gasteiger partial charge is 0.488 e. The van der Waals surface area contributed by atoms with Gasteiger partial charge in [-0.3, -0.25) is 9.59 Å². The summed E-state index contributed by atoms with van der Waals surface area (Å²) in [4.78, 5) is 21.1. The maximum atomic E-state index is 12.0. The van der Waals surface area contributed by atoms with Crippen LogP contribution in [0.25, 0.3) is 0 Å². The quantitative estimate of drug-likeness (QED) is 0.147. The molecule has 276 valence electrons. The fourth-order valence-corrected chi connectivity index (χ4v) is 5.80. The van der Waals surface area contributed by atoms with Crippen LogP contribution in [-0.2, 0) is 24.5 Å². The zero-order chi connectivity index (χ0) is 38.4. The van der Waals surface area contributed by atoms with E-state index < -0.39 is 11.2 Å². The third-order valence-corrected chi connectivity index (χ3v) is 7.87. The van der Waals surface area contributed by atoms with Gasteiger partial charge in [0.15, 0.2) is 5.78 Å². The number of ether oxygens (including phenoxy) is 3. The summed E-state index contributed by atoms with van der Waals surface area (Å²) in [6.07, 6.45) is 5.12. The Bertz CT molecular complexity index is 1260. The van der Waals surface area contributed by atoms with Gasteiger partial charge in [-0.1, -0.05) is 98.0 Å². The Morgan fingerprint density at radius 1 is 0.694 bits per heavy atom. The molecule has 0 saturated heterocycles. The minimum absolute atomic E-state index is 0.00926. The van der Waals surface area contributed by atoms with Gasteiger partial charge in [-0.15, -0.1) is 0 Å². The lowest BCUT2D eigenvalue weighted by atomic mass is 9.77. The highest BCUT2D eigenvalue weighted by Gasteiger charge is 2.32. The van der Waals surface area contributed by atoms with Crippen molar-refractivity contribution in [2.75, 3.05) is 0 Å². The first-order valence-corrected chi connectivity index (χ1v) is 17.7. The third kappa shape index (κ3) is 18.5. The number of carbonyl (C=O) groups is 2. The van der Waals surface area contributed by atoms with E-state index in [4.69, 9.17) is 19.0 Å². The number of rotatable bonds is 14. The molecule has 0 amide bonds. The summed E-state index contributed by atoms with van der Waals surface area (Å²) in [5, 5.41) is 0. The van der Waals surface area contributed by atoms with Gasteiger partial charge in [0.1, 0.15) is 23.2 Å². The van der Waals surface area contributed by atoms with E-state index in [1.165, 1.54) is 28.8 Å². The summed E-state index contributed by atoms with van der Waals surface area (Å²) >= 11 is 0. The van der Waals surface area contributed by atoms with Crippen molar-refractivity contribution in [2.45, 2.75) is 164 Å². The Morgan fingerprint density at radius 2 is 1.12 bits per heavy atom. The summed E-state index contributed by atoms with van der Waals surface area (Å²) in [5.74, 6) is 1.23. The van der Waals surface area contributed by atoms with Crippen LogP contribution in [0.4, 0.5) is 0 Å². The smallest absolute Gasteiger partial charge is 0.186 e. The van der Waals surface area contributed by atoms with Gasteiger partial charge in [-0.2, -0.15) is 0 Å². The predicted molar refractivity (Wildman–Crippen MR) is 209 cm³/mol. The minimum Gasteiger partial charge on any atom is -0.488 e. The lowest BCUT2D eigenvalue weighted by Gasteiger charge is -2.33. The molecule has 0 saturated carbocycles. The van der Waals surface area contributed by atoms with E-state index >= 15 is 0 Å². The third-order valence-electron chi connectivity index (χ3n) is 7.87. The molecule has 0 radical (unpaired) electrons. The van der Waals surface area contributed by atoms with Crippen molar-refractivity contribution in [1.82, 2.24) is 0 Å². The Morgan fingerprint density at radius 3 is 1.49 bits per heavy atom. The van der Waals surface area contributed by atoms with Gasteiger partial charge in [-0.05, 0) is 121 Å². The van der Waals surface area contributed by atoms with E-state index in [0.29, 0.717) is 30.1 Å². The van der Waals surface area contributed by atoms with Crippen molar-refractivity contribution in [2.24, 2.45) is 5.41 Å². The predicted octanol–water partition coefficient (Wildman–Crippen LogP) is 11.6. The molecule has 2 aromatic rings. The van der Waals surface area contributed by atoms with E-state index in [0.717, 1.165) is 12.2 Å². The Hall–Kier alpha value is -3.02. The standard InChI is InChI=1S/C30H42O3.C11H24O.C3H4O/c1-11-27(31)30(9,10)32-22(4)20-28(5,6)33-26-18-16-25(17-19-26)29(7,8)24-14-12-23(13-15-24)21(2)3;1-9(8-10(2,3)4)12-11(5,6)7;1-2-3-4/h11-19,21-22H,1,20H2,2-10H3;9H,8H2,1-7H3;2-3H,1H2. The average Bonchev–Trinajstić information content (AvgIpc) is 2.94. The Labute approximate surface area is 300 Å². The van der Waals surface area contributed by atoms with Crippen LogP contribution in [0.1, 0.15) is 146 Å². The van der Waals surface area contributed by atoms with Crippen LogP contribution < -0.4 is 4.74 Å². The average molecular weight is 679 g/mol. The number of carbonyl (C=O) groups excluding carboxylic acids is 2. The van der Waals surface area contributed by atoms with Crippen molar-refractivity contribution in [3.05, 3.63) is 90.5 Å². The number of allylic oxidation sites excluding steroid dienone is 1. The van der Waals surface area contributed by atoms with Gasteiger partial charge in [-0.25, -0.2) is 0 Å². The van der Waals surface area contributed by atoms with Crippen LogP contribution in [0.15, 0.2) is 73.8 Å². The van der Waals surface area contributed by atoms with Crippen molar-refractivity contribution >= 4 is 12.1 Å².